The van der Waals surface area contributed by atoms with Gasteiger partial charge in [0.25, 0.3) is 0 Å². The molecule has 2 atom stereocenters. The van der Waals surface area contributed by atoms with Crippen LogP contribution in [0, 0.1) is 5.41 Å². The third-order valence-electron chi connectivity index (χ3n) is 2.81. The van der Waals surface area contributed by atoms with E-state index in [1.54, 1.807) is 0 Å². The normalized spacial score (nSPS) is 31.5. The minimum absolute atomic E-state index is 0.100. The van der Waals surface area contributed by atoms with Gasteiger partial charge in [-0.3, -0.25) is 0 Å². The smallest absolute Gasteiger partial charge is 0.0939 e. The van der Waals surface area contributed by atoms with Crippen LogP contribution in [-0.2, 0) is 11.0 Å². The summed E-state index contributed by atoms with van der Waals surface area (Å²) in [6, 6.07) is 0.248. The molecule has 0 bridgehead atoms. The van der Waals surface area contributed by atoms with Crippen LogP contribution in [0.15, 0.2) is 0 Å². The summed E-state index contributed by atoms with van der Waals surface area (Å²) < 4.78 is 13.6. The summed E-state index contributed by atoms with van der Waals surface area (Å²) in [5.74, 6) is 0.714. The molecule has 1 fully saturated rings. The highest BCUT2D eigenvalue weighted by Crippen LogP contribution is 2.28. The molecule has 1 rings (SSSR count). The molecule has 78 valence electrons. The van der Waals surface area contributed by atoms with Crippen LogP contribution in [0.25, 0.3) is 0 Å². The van der Waals surface area contributed by atoms with Gasteiger partial charge in [0.2, 0.25) is 0 Å². The summed E-state index contributed by atoms with van der Waals surface area (Å²) in [7, 11) is -0.797. The summed E-state index contributed by atoms with van der Waals surface area (Å²) in [6.45, 7) is 7.99. The van der Waals surface area contributed by atoms with Gasteiger partial charge in [0.15, 0.2) is 0 Å². The Kier molecular flexibility index (Phi) is 3.49. The zero-order valence-electron chi connectivity index (χ0n) is 8.75. The van der Waals surface area contributed by atoms with Crippen molar-refractivity contribution < 1.29 is 4.21 Å². The molecule has 0 aliphatic carbocycles. The van der Waals surface area contributed by atoms with Crippen LogP contribution >= 0.6 is 0 Å². The molecule has 1 saturated heterocycles. The highest BCUT2D eigenvalue weighted by Gasteiger charge is 2.34. The zero-order chi connectivity index (χ0) is 10.1. The molecule has 0 aromatic carbocycles. The summed E-state index contributed by atoms with van der Waals surface area (Å²) in [6.07, 6.45) is 0.957. The summed E-state index contributed by atoms with van der Waals surface area (Å²) >= 11 is 0. The van der Waals surface area contributed by atoms with Crippen molar-refractivity contribution in [2.24, 2.45) is 11.1 Å². The molecule has 4 heteroatoms. The van der Waals surface area contributed by atoms with Crippen molar-refractivity contribution in [3.8, 4) is 0 Å². The van der Waals surface area contributed by atoms with E-state index in [2.05, 4.69) is 13.8 Å². The van der Waals surface area contributed by atoms with E-state index < -0.39 is 11.0 Å². The van der Waals surface area contributed by atoms with Gasteiger partial charge in [-0.15, -0.1) is 0 Å². The first-order valence-corrected chi connectivity index (χ1v) is 6.14. The van der Waals surface area contributed by atoms with Gasteiger partial charge in [0.1, 0.15) is 0 Å². The van der Waals surface area contributed by atoms with Crippen molar-refractivity contribution in [2.75, 3.05) is 18.8 Å². The van der Waals surface area contributed by atoms with Gasteiger partial charge in [0, 0.05) is 24.9 Å². The maximum absolute atomic E-state index is 11.6. The number of nitrogens with two attached hydrogens (primary N) is 1. The Hall–Kier alpha value is 0.0700. The quantitative estimate of drug-likeness (QED) is 0.721. The van der Waals surface area contributed by atoms with Gasteiger partial charge < -0.3 is 5.73 Å². The fraction of sp³-hybridized carbons (Fsp3) is 1.00. The lowest BCUT2D eigenvalue weighted by Crippen LogP contribution is -2.52. The van der Waals surface area contributed by atoms with Crippen LogP contribution in [0.4, 0.5) is 0 Å². The third kappa shape index (κ3) is 2.51. The van der Waals surface area contributed by atoms with Crippen LogP contribution < -0.4 is 5.73 Å². The van der Waals surface area contributed by atoms with Crippen molar-refractivity contribution in [1.82, 2.24) is 4.31 Å². The lowest BCUT2D eigenvalue weighted by Gasteiger charge is -2.41. The molecule has 1 aliphatic rings. The maximum Gasteiger partial charge on any atom is 0.0939 e. The van der Waals surface area contributed by atoms with E-state index in [1.165, 1.54) is 0 Å². The first-order valence-electron chi connectivity index (χ1n) is 4.86. The molecule has 0 amide bonds. The van der Waals surface area contributed by atoms with Crippen LogP contribution in [0.3, 0.4) is 0 Å². The fourth-order valence-corrected chi connectivity index (χ4v) is 2.83. The predicted octanol–water partition coefficient (Wildman–Crippen LogP) is 0.729. The SMILES string of the molecule is CCS(=O)N1CCC(N)C(C)(C)C1. The molecule has 0 saturated carbocycles. The predicted molar refractivity (Wildman–Crippen MR) is 56.6 cm³/mol. The standard InChI is InChI=1S/C9H20N2OS/c1-4-13(12)11-6-5-8(10)9(2,3)7-11/h8H,4-7,10H2,1-3H3. The van der Waals surface area contributed by atoms with Crippen molar-refractivity contribution in [1.29, 1.82) is 0 Å². The van der Waals surface area contributed by atoms with Gasteiger partial charge in [-0.2, -0.15) is 0 Å². The van der Waals surface area contributed by atoms with Gasteiger partial charge >= 0.3 is 0 Å². The number of nitrogens with zero attached hydrogens (tertiary/aromatic N) is 1. The van der Waals surface area contributed by atoms with Gasteiger partial charge in [-0.05, 0) is 11.8 Å². The highest BCUT2D eigenvalue weighted by molar-refractivity contribution is 7.82. The topological polar surface area (TPSA) is 46.3 Å². The molecule has 2 N–H and O–H groups in total. The van der Waals surface area contributed by atoms with E-state index in [4.69, 9.17) is 5.73 Å². The average Bonchev–Trinajstić information content (AvgIpc) is 2.08. The van der Waals surface area contributed by atoms with E-state index in [0.29, 0.717) is 5.75 Å². The Labute approximate surface area is 83.3 Å². The van der Waals surface area contributed by atoms with Crippen molar-refractivity contribution in [3.05, 3.63) is 0 Å². The van der Waals surface area contributed by atoms with Crippen molar-refractivity contribution >= 4 is 11.0 Å². The number of hydrogen-bond donors (Lipinski definition) is 1. The molecule has 3 nitrogen and oxygen atoms in total. The number of hydrogen-bond acceptors (Lipinski definition) is 2. The second-order valence-corrected chi connectivity index (χ2v) is 6.09. The Morgan fingerprint density at radius 2 is 2.23 bits per heavy atom. The number of rotatable bonds is 2. The molecule has 0 spiro atoms. The molecule has 0 aromatic rings. The summed E-state index contributed by atoms with van der Waals surface area (Å²) in [5, 5.41) is 0. The van der Waals surface area contributed by atoms with Crippen LogP contribution in [-0.4, -0.2) is 33.4 Å². The first-order chi connectivity index (χ1) is 5.97. The molecule has 1 aliphatic heterocycles. The molecular formula is C9H20N2OS. The Morgan fingerprint density at radius 1 is 1.62 bits per heavy atom. The van der Waals surface area contributed by atoms with E-state index in [0.717, 1.165) is 19.5 Å². The molecule has 2 unspecified atom stereocenters. The Bertz CT molecular complexity index is 206. The molecule has 0 radical (unpaired) electrons. The minimum Gasteiger partial charge on any atom is -0.327 e. The largest absolute Gasteiger partial charge is 0.327 e. The van der Waals surface area contributed by atoms with Gasteiger partial charge in [0.05, 0.1) is 11.0 Å². The Morgan fingerprint density at radius 3 is 2.69 bits per heavy atom. The van der Waals surface area contributed by atoms with E-state index in [9.17, 15) is 4.21 Å². The van der Waals surface area contributed by atoms with E-state index >= 15 is 0 Å². The van der Waals surface area contributed by atoms with Crippen molar-refractivity contribution in [3.63, 3.8) is 0 Å². The van der Waals surface area contributed by atoms with Gasteiger partial charge in [-0.25, -0.2) is 8.51 Å². The molecular weight excluding hydrogens is 184 g/mol. The number of piperidine rings is 1. The summed E-state index contributed by atoms with van der Waals surface area (Å²) in [4.78, 5) is 0. The zero-order valence-corrected chi connectivity index (χ0v) is 9.56. The van der Waals surface area contributed by atoms with Crippen LogP contribution in [0.1, 0.15) is 27.2 Å². The highest BCUT2D eigenvalue weighted by atomic mass is 32.2. The molecule has 0 aromatic heterocycles. The fourth-order valence-electron chi connectivity index (χ4n) is 1.68. The minimum atomic E-state index is -0.797. The molecule has 1 heterocycles. The Balaban J connectivity index is 2.60. The van der Waals surface area contributed by atoms with Gasteiger partial charge in [-0.1, -0.05) is 20.8 Å². The van der Waals surface area contributed by atoms with E-state index in [1.807, 2.05) is 11.2 Å². The van der Waals surface area contributed by atoms with Crippen LogP contribution in [0.2, 0.25) is 0 Å². The second kappa shape index (κ2) is 4.07. The third-order valence-corrected chi connectivity index (χ3v) is 4.19. The molecule has 13 heavy (non-hydrogen) atoms. The first kappa shape index (κ1) is 11.1. The lowest BCUT2D eigenvalue weighted by atomic mass is 9.81. The monoisotopic (exact) mass is 204 g/mol. The van der Waals surface area contributed by atoms with Crippen molar-refractivity contribution in [2.45, 2.75) is 33.2 Å². The maximum atomic E-state index is 11.6. The average molecular weight is 204 g/mol. The summed E-state index contributed by atoms with van der Waals surface area (Å²) in [5.41, 5.74) is 6.09. The van der Waals surface area contributed by atoms with Crippen LogP contribution in [0.5, 0.6) is 0 Å². The second-order valence-electron chi connectivity index (χ2n) is 4.36. The van der Waals surface area contributed by atoms with E-state index in [-0.39, 0.29) is 11.5 Å². The lowest BCUT2D eigenvalue weighted by molar-refractivity contribution is 0.160.